The molecule has 0 amide bonds. The molecule has 174 valence electrons. The van der Waals surface area contributed by atoms with Gasteiger partial charge >= 0.3 is 0 Å². The van der Waals surface area contributed by atoms with Gasteiger partial charge in [0.25, 0.3) is 0 Å². The Morgan fingerprint density at radius 3 is 2.55 bits per heavy atom. The van der Waals surface area contributed by atoms with Gasteiger partial charge in [0.05, 0.1) is 12.1 Å². The Bertz CT molecular complexity index is 1160. The number of benzene rings is 2. The summed E-state index contributed by atoms with van der Waals surface area (Å²) in [6.45, 7) is 7.67. The summed E-state index contributed by atoms with van der Waals surface area (Å²) in [6, 6.07) is 11.9. The number of nitrogens with zero attached hydrogens (tertiary/aromatic N) is 4. The standard InChI is InChI=1S/C25H28Cl2N4O2/c1-14(2)25-29-28-15(3)31(25)17-4-6-19(7-5-17)33-24-21-10-16(26)11-22(27)20(21)12-23(24)30-9-8-18(32)13-30/h4-7,10-11,14,18,23-24,32H,8-9,12-13H2,1-3H3/t18-,23+,24+/m1/s1. The zero-order valence-electron chi connectivity index (χ0n) is 19.0. The number of rotatable bonds is 5. The lowest BCUT2D eigenvalue weighted by atomic mass is 10.1. The molecular formula is C25H28Cl2N4O2. The van der Waals surface area contributed by atoms with Gasteiger partial charge in [0, 0.05) is 40.3 Å². The number of aryl methyl sites for hydroxylation is 1. The molecule has 1 saturated heterocycles. The molecule has 6 nitrogen and oxygen atoms in total. The molecule has 8 heteroatoms. The largest absolute Gasteiger partial charge is 0.484 e. The SMILES string of the molecule is Cc1nnc(C(C)C)n1-c1ccc(O[C@H]2c3cc(Cl)cc(Cl)c3C[C@@H]2N2CC[C@@H](O)C2)cc1. The highest BCUT2D eigenvalue weighted by Crippen LogP contribution is 2.43. The van der Waals surface area contributed by atoms with Crippen LogP contribution in [0.25, 0.3) is 5.69 Å². The van der Waals surface area contributed by atoms with Gasteiger partial charge in [-0.3, -0.25) is 9.47 Å². The minimum absolute atomic E-state index is 0.0976. The highest BCUT2D eigenvalue weighted by atomic mass is 35.5. The van der Waals surface area contributed by atoms with Crippen LogP contribution in [0.1, 0.15) is 55.1 Å². The predicted molar refractivity (Wildman–Crippen MR) is 130 cm³/mol. The van der Waals surface area contributed by atoms with Crippen LogP contribution < -0.4 is 4.74 Å². The Morgan fingerprint density at radius 1 is 1.12 bits per heavy atom. The predicted octanol–water partition coefficient (Wildman–Crippen LogP) is 5.12. The van der Waals surface area contributed by atoms with Gasteiger partial charge in [0.15, 0.2) is 0 Å². The van der Waals surface area contributed by atoms with E-state index in [-0.39, 0.29) is 24.2 Å². The molecule has 0 radical (unpaired) electrons. The first-order chi connectivity index (χ1) is 15.8. The number of β-amino-alcohol motifs (C(OH)–C–C–N with tert-alkyl or cyclic N) is 1. The van der Waals surface area contributed by atoms with Crippen molar-refractivity contribution in [2.75, 3.05) is 13.1 Å². The number of aromatic nitrogens is 3. The molecule has 0 spiro atoms. The summed E-state index contributed by atoms with van der Waals surface area (Å²) in [5, 5.41) is 20.0. The number of fused-ring (bicyclic) bond motifs is 1. The van der Waals surface area contributed by atoms with Gasteiger partial charge in [-0.25, -0.2) is 0 Å². The fourth-order valence-electron chi connectivity index (χ4n) is 5.04. The first kappa shape index (κ1) is 22.7. The van der Waals surface area contributed by atoms with Crippen LogP contribution in [-0.4, -0.2) is 50.0 Å². The van der Waals surface area contributed by atoms with Crippen LogP contribution in [-0.2, 0) is 6.42 Å². The van der Waals surface area contributed by atoms with E-state index in [1.165, 1.54) is 0 Å². The van der Waals surface area contributed by atoms with Crippen LogP contribution in [0.5, 0.6) is 5.75 Å². The molecule has 33 heavy (non-hydrogen) atoms. The molecule has 1 aliphatic carbocycles. The number of ether oxygens (including phenoxy) is 1. The zero-order chi connectivity index (χ0) is 23.3. The van der Waals surface area contributed by atoms with Crippen LogP contribution in [0.15, 0.2) is 36.4 Å². The van der Waals surface area contributed by atoms with E-state index in [1.807, 2.05) is 37.3 Å². The molecule has 1 N–H and O–H groups in total. The van der Waals surface area contributed by atoms with Crippen LogP contribution in [0.3, 0.4) is 0 Å². The van der Waals surface area contributed by atoms with E-state index in [2.05, 4.69) is 33.5 Å². The topological polar surface area (TPSA) is 63.4 Å². The Balaban J connectivity index is 1.45. The van der Waals surface area contributed by atoms with Crippen LogP contribution in [0, 0.1) is 6.92 Å². The summed E-state index contributed by atoms with van der Waals surface area (Å²) in [5.74, 6) is 2.83. The van der Waals surface area contributed by atoms with Crippen molar-refractivity contribution < 1.29 is 9.84 Å². The average Bonchev–Trinajstić information content (AvgIpc) is 3.46. The summed E-state index contributed by atoms with van der Waals surface area (Å²) in [6.07, 6.45) is 1.04. The monoisotopic (exact) mass is 486 g/mol. The molecule has 2 aliphatic rings. The quantitative estimate of drug-likeness (QED) is 0.542. The lowest BCUT2D eigenvalue weighted by molar-refractivity contribution is 0.0818. The molecule has 2 aromatic carbocycles. The minimum Gasteiger partial charge on any atom is -0.484 e. The molecule has 3 atom stereocenters. The highest BCUT2D eigenvalue weighted by molar-refractivity contribution is 6.35. The smallest absolute Gasteiger partial charge is 0.140 e. The van der Waals surface area contributed by atoms with Crippen molar-refractivity contribution in [3.8, 4) is 11.4 Å². The summed E-state index contributed by atoms with van der Waals surface area (Å²) in [5.41, 5.74) is 3.11. The Morgan fingerprint density at radius 2 is 1.88 bits per heavy atom. The van der Waals surface area contributed by atoms with Crippen LogP contribution >= 0.6 is 23.2 Å². The maximum Gasteiger partial charge on any atom is 0.140 e. The lowest BCUT2D eigenvalue weighted by Gasteiger charge is -2.30. The molecule has 2 heterocycles. The van der Waals surface area contributed by atoms with Gasteiger partial charge in [-0.15, -0.1) is 10.2 Å². The molecular weight excluding hydrogens is 459 g/mol. The minimum atomic E-state index is -0.296. The first-order valence-electron chi connectivity index (χ1n) is 11.4. The first-order valence-corrected chi connectivity index (χ1v) is 12.2. The Labute approximate surface area is 204 Å². The van der Waals surface area contributed by atoms with Gasteiger partial charge in [0.1, 0.15) is 23.5 Å². The number of aliphatic hydroxyl groups is 1. The number of likely N-dealkylation sites (tertiary alicyclic amines) is 1. The Hall–Kier alpha value is -2.12. The van der Waals surface area contributed by atoms with E-state index >= 15 is 0 Å². The third kappa shape index (κ3) is 4.26. The van der Waals surface area contributed by atoms with E-state index in [0.29, 0.717) is 16.6 Å². The lowest BCUT2D eigenvalue weighted by Crippen LogP contribution is -2.39. The van der Waals surface area contributed by atoms with Crippen molar-refractivity contribution in [3.05, 3.63) is 69.2 Å². The van der Waals surface area contributed by atoms with Gasteiger partial charge in [-0.1, -0.05) is 37.0 Å². The second-order valence-electron chi connectivity index (χ2n) is 9.29. The number of hydrogen-bond donors (Lipinski definition) is 1. The van der Waals surface area contributed by atoms with E-state index in [0.717, 1.165) is 53.6 Å². The van der Waals surface area contributed by atoms with Crippen molar-refractivity contribution in [1.82, 2.24) is 19.7 Å². The molecule has 5 rings (SSSR count). The van der Waals surface area contributed by atoms with Gasteiger partial charge < -0.3 is 9.84 Å². The van der Waals surface area contributed by atoms with Crippen molar-refractivity contribution >= 4 is 23.2 Å². The van der Waals surface area contributed by atoms with Gasteiger partial charge in [-0.05, 0) is 61.7 Å². The van der Waals surface area contributed by atoms with Crippen molar-refractivity contribution in [2.24, 2.45) is 0 Å². The maximum absolute atomic E-state index is 10.1. The fourth-order valence-corrected chi connectivity index (χ4v) is 5.63. The van der Waals surface area contributed by atoms with Crippen molar-refractivity contribution in [3.63, 3.8) is 0 Å². The summed E-state index contributed by atoms with van der Waals surface area (Å²) < 4.78 is 8.65. The third-order valence-electron chi connectivity index (χ3n) is 6.65. The van der Waals surface area contributed by atoms with Crippen molar-refractivity contribution in [1.29, 1.82) is 0 Å². The highest BCUT2D eigenvalue weighted by Gasteiger charge is 2.41. The molecule has 1 aromatic heterocycles. The van der Waals surface area contributed by atoms with Gasteiger partial charge in [-0.2, -0.15) is 0 Å². The average molecular weight is 487 g/mol. The van der Waals surface area contributed by atoms with E-state index < -0.39 is 0 Å². The third-order valence-corrected chi connectivity index (χ3v) is 7.21. The van der Waals surface area contributed by atoms with Crippen LogP contribution in [0.4, 0.5) is 0 Å². The fraction of sp³-hybridized carbons (Fsp3) is 0.440. The second-order valence-corrected chi connectivity index (χ2v) is 10.1. The van der Waals surface area contributed by atoms with E-state index in [1.54, 1.807) is 6.07 Å². The molecule has 0 saturated carbocycles. The maximum atomic E-state index is 10.1. The van der Waals surface area contributed by atoms with E-state index in [9.17, 15) is 5.11 Å². The zero-order valence-corrected chi connectivity index (χ0v) is 20.5. The second kappa shape index (κ2) is 8.91. The van der Waals surface area contributed by atoms with Crippen LogP contribution in [0.2, 0.25) is 10.0 Å². The van der Waals surface area contributed by atoms with Gasteiger partial charge in [0.2, 0.25) is 0 Å². The number of halogens is 2. The summed E-state index contributed by atoms with van der Waals surface area (Å²) in [7, 11) is 0. The van der Waals surface area contributed by atoms with Crippen molar-refractivity contribution in [2.45, 2.75) is 57.8 Å². The normalized spacial score (nSPS) is 22.8. The molecule has 1 fully saturated rings. The molecule has 0 bridgehead atoms. The molecule has 1 aliphatic heterocycles. The number of hydrogen-bond acceptors (Lipinski definition) is 5. The molecule has 3 aromatic rings. The number of aliphatic hydroxyl groups excluding tert-OH is 1. The summed E-state index contributed by atoms with van der Waals surface area (Å²) >= 11 is 12.9. The summed E-state index contributed by atoms with van der Waals surface area (Å²) in [4.78, 5) is 2.31. The van der Waals surface area contributed by atoms with E-state index in [4.69, 9.17) is 27.9 Å². The molecule has 0 unspecified atom stereocenters. The Kier molecular flexibility index (Phi) is 6.12.